The van der Waals surface area contributed by atoms with Gasteiger partial charge in [-0.1, -0.05) is 0 Å². The molecule has 0 radical (unpaired) electrons. The van der Waals surface area contributed by atoms with Crippen LogP contribution in [0.25, 0.3) is 22.1 Å². The van der Waals surface area contributed by atoms with E-state index in [1.807, 2.05) is 18.6 Å². The molecule has 0 aliphatic heterocycles. The van der Waals surface area contributed by atoms with Gasteiger partial charge in [0.15, 0.2) is 0 Å². The number of alkyl halides is 2. The molecule has 3 aromatic heterocycles. The van der Waals surface area contributed by atoms with E-state index in [1.54, 1.807) is 6.20 Å². The molecule has 4 aliphatic carbocycles. The zero-order chi connectivity index (χ0) is 17.7. The van der Waals surface area contributed by atoms with E-state index in [0.717, 1.165) is 41.3 Å². The van der Waals surface area contributed by atoms with Crippen LogP contribution in [0.1, 0.15) is 32.1 Å². The molecule has 136 valence electrons. The smallest absolute Gasteiger partial charge is 0.249 e. The summed E-state index contributed by atoms with van der Waals surface area (Å²) in [7, 11) is 0. The van der Waals surface area contributed by atoms with Gasteiger partial charge < -0.3 is 14.7 Å². The van der Waals surface area contributed by atoms with Crippen LogP contribution in [0.2, 0.25) is 0 Å². The van der Waals surface area contributed by atoms with Gasteiger partial charge in [0.1, 0.15) is 17.4 Å². The standard InChI is InChI=1S/C18H19F2N5O/c19-18(20)3-10(4-18)15(26)24-16-6-17(7-16,8-16)25-9-23-12-5-22-14-11(13(12)25)1-2-21-14/h1-2,5,9-10,15,24,26H,3-4,6-8H2,(H,21,22). The molecule has 6 nitrogen and oxygen atoms in total. The molecule has 0 aromatic carbocycles. The lowest BCUT2D eigenvalue weighted by molar-refractivity contribution is -0.192. The second-order valence-corrected chi connectivity index (χ2v) is 8.50. The van der Waals surface area contributed by atoms with Gasteiger partial charge in [0.25, 0.3) is 0 Å². The summed E-state index contributed by atoms with van der Waals surface area (Å²) in [4.78, 5) is 12.0. The van der Waals surface area contributed by atoms with Crippen molar-refractivity contribution in [1.29, 1.82) is 0 Å². The fraction of sp³-hybridized carbons (Fsp3) is 0.556. The molecule has 3 N–H and O–H groups in total. The lowest BCUT2D eigenvalue weighted by Crippen LogP contribution is -2.79. The van der Waals surface area contributed by atoms with E-state index in [1.165, 1.54) is 0 Å². The predicted molar refractivity (Wildman–Crippen MR) is 90.8 cm³/mol. The van der Waals surface area contributed by atoms with Crippen LogP contribution < -0.4 is 5.32 Å². The zero-order valence-corrected chi connectivity index (χ0v) is 14.0. The van der Waals surface area contributed by atoms with E-state index in [9.17, 15) is 13.9 Å². The quantitative estimate of drug-likeness (QED) is 0.626. The molecule has 1 unspecified atom stereocenters. The molecule has 26 heavy (non-hydrogen) atoms. The van der Waals surface area contributed by atoms with Crippen molar-refractivity contribution >= 4 is 22.1 Å². The Bertz CT molecular complexity index is 1010. The van der Waals surface area contributed by atoms with Crippen LogP contribution in [0.15, 0.2) is 24.8 Å². The fourth-order valence-corrected chi connectivity index (χ4v) is 5.37. The average molecular weight is 359 g/mol. The molecule has 0 amide bonds. The van der Waals surface area contributed by atoms with Gasteiger partial charge in [-0.2, -0.15) is 0 Å². The van der Waals surface area contributed by atoms with Gasteiger partial charge in [-0.05, 0) is 25.3 Å². The summed E-state index contributed by atoms with van der Waals surface area (Å²) >= 11 is 0. The first-order valence-electron chi connectivity index (χ1n) is 9.02. The molecule has 1 atom stereocenters. The van der Waals surface area contributed by atoms with Crippen molar-refractivity contribution in [3.8, 4) is 0 Å². The molecule has 3 heterocycles. The van der Waals surface area contributed by atoms with Crippen LogP contribution in [-0.4, -0.2) is 42.3 Å². The van der Waals surface area contributed by atoms with Gasteiger partial charge in [-0.25, -0.2) is 18.7 Å². The van der Waals surface area contributed by atoms with Gasteiger partial charge in [0.05, 0.1) is 23.6 Å². The minimum atomic E-state index is -2.60. The summed E-state index contributed by atoms with van der Waals surface area (Å²) in [6, 6.07) is 2.02. The first-order chi connectivity index (χ1) is 12.4. The zero-order valence-electron chi connectivity index (χ0n) is 14.0. The highest BCUT2D eigenvalue weighted by molar-refractivity contribution is 6.01. The van der Waals surface area contributed by atoms with E-state index in [2.05, 4.69) is 24.8 Å². The number of aromatic nitrogens is 4. The molecular formula is C18H19F2N5O. The Morgan fingerprint density at radius 1 is 1.27 bits per heavy atom. The number of pyridine rings is 1. The molecular weight excluding hydrogens is 340 g/mol. The number of nitrogens with one attached hydrogen (secondary N) is 2. The maximum absolute atomic E-state index is 13.0. The van der Waals surface area contributed by atoms with Gasteiger partial charge >= 0.3 is 0 Å². The van der Waals surface area contributed by atoms with Gasteiger partial charge in [0, 0.05) is 35.9 Å². The lowest BCUT2D eigenvalue weighted by Gasteiger charge is -2.71. The van der Waals surface area contributed by atoms with Gasteiger partial charge in [0.2, 0.25) is 5.92 Å². The second-order valence-electron chi connectivity index (χ2n) is 8.50. The number of aliphatic hydroxyl groups is 1. The van der Waals surface area contributed by atoms with Crippen LogP contribution in [0, 0.1) is 5.92 Å². The minimum Gasteiger partial charge on any atom is -0.378 e. The lowest BCUT2D eigenvalue weighted by atomic mass is 9.43. The van der Waals surface area contributed by atoms with E-state index < -0.39 is 12.2 Å². The molecule has 2 bridgehead atoms. The molecule has 4 saturated carbocycles. The third kappa shape index (κ3) is 1.81. The SMILES string of the molecule is OC(NC12CC(n3cnc4cnc5[nH]ccc5c43)(C1)C2)C1CC(F)(F)C1. The van der Waals surface area contributed by atoms with Crippen molar-refractivity contribution in [1.82, 2.24) is 24.8 Å². The van der Waals surface area contributed by atoms with Crippen molar-refractivity contribution in [3.63, 3.8) is 0 Å². The number of hydrogen-bond donors (Lipinski definition) is 3. The third-order valence-corrected chi connectivity index (χ3v) is 6.63. The number of H-pyrrole nitrogens is 1. The maximum atomic E-state index is 13.0. The Hall–Kier alpha value is -2.06. The van der Waals surface area contributed by atoms with E-state index in [0.29, 0.717) is 0 Å². The minimum absolute atomic E-state index is 0.0105. The first-order valence-corrected chi connectivity index (χ1v) is 9.02. The van der Waals surface area contributed by atoms with Crippen molar-refractivity contribution in [3.05, 3.63) is 24.8 Å². The summed E-state index contributed by atoms with van der Waals surface area (Å²) < 4.78 is 28.3. The number of halogens is 2. The van der Waals surface area contributed by atoms with Crippen LogP contribution in [0.4, 0.5) is 8.78 Å². The summed E-state index contributed by atoms with van der Waals surface area (Å²) in [5.74, 6) is -2.94. The number of rotatable bonds is 4. The summed E-state index contributed by atoms with van der Waals surface area (Å²) in [5, 5.41) is 14.5. The summed E-state index contributed by atoms with van der Waals surface area (Å²) in [5.41, 5.74) is 2.70. The van der Waals surface area contributed by atoms with Crippen molar-refractivity contribution in [2.24, 2.45) is 5.92 Å². The summed E-state index contributed by atoms with van der Waals surface area (Å²) in [6.07, 6.45) is 6.94. The van der Waals surface area contributed by atoms with Gasteiger partial charge in [-0.3, -0.25) is 5.32 Å². The molecule has 8 heteroatoms. The number of nitrogens with zero attached hydrogens (tertiary/aromatic N) is 3. The highest BCUT2D eigenvalue weighted by Crippen LogP contribution is 2.66. The normalized spacial score (nSPS) is 33.7. The fourth-order valence-electron chi connectivity index (χ4n) is 5.37. The Morgan fingerprint density at radius 2 is 2.04 bits per heavy atom. The van der Waals surface area contributed by atoms with Crippen LogP contribution in [-0.2, 0) is 5.54 Å². The molecule has 0 saturated heterocycles. The third-order valence-electron chi connectivity index (χ3n) is 6.63. The van der Waals surface area contributed by atoms with Crippen molar-refractivity contribution in [2.75, 3.05) is 0 Å². The predicted octanol–water partition coefficient (Wildman–Crippen LogP) is 2.50. The monoisotopic (exact) mass is 359 g/mol. The largest absolute Gasteiger partial charge is 0.378 e. The van der Waals surface area contributed by atoms with E-state index >= 15 is 0 Å². The van der Waals surface area contributed by atoms with Crippen LogP contribution >= 0.6 is 0 Å². The number of hydrogen-bond acceptors (Lipinski definition) is 4. The van der Waals surface area contributed by atoms with Crippen molar-refractivity contribution in [2.45, 2.75) is 55.3 Å². The molecule has 3 aromatic rings. The Morgan fingerprint density at radius 3 is 2.77 bits per heavy atom. The van der Waals surface area contributed by atoms with Crippen LogP contribution in [0.5, 0.6) is 0 Å². The van der Waals surface area contributed by atoms with Gasteiger partial charge in [-0.15, -0.1) is 0 Å². The molecule has 0 spiro atoms. The molecule has 4 fully saturated rings. The Labute approximate surface area is 147 Å². The maximum Gasteiger partial charge on any atom is 0.249 e. The average Bonchev–Trinajstić information content (AvgIpc) is 3.12. The number of imidazole rings is 1. The molecule has 4 aliphatic rings. The summed E-state index contributed by atoms with van der Waals surface area (Å²) in [6.45, 7) is 0. The highest BCUT2D eigenvalue weighted by Gasteiger charge is 2.70. The second kappa shape index (κ2) is 4.43. The first kappa shape index (κ1) is 15.0. The number of aliphatic hydroxyl groups excluding tert-OH is 1. The van der Waals surface area contributed by atoms with Crippen molar-refractivity contribution < 1.29 is 13.9 Å². The van der Waals surface area contributed by atoms with E-state index in [-0.39, 0.29) is 29.8 Å². The number of fused-ring (bicyclic) bond motifs is 3. The Balaban J connectivity index is 1.24. The highest BCUT2D eigenvalue weighted by atomic mass is 19.3. The molecule has 7 rings (SSSR count). The Kier molecular flexibility index (Phi) is 2.56. The topological polar surface area (TPSA) is 78.8 Å². The van der Waals surface area contributed by atoms with E-state index in [4.69, 9.17) is 0 Å². The number of aromatic amines is 1. The van der Waals surface area contributed by atoms with Crippen LogP contribution in [0.3, 0.4) is 0 Å².